The molecule has 1 aromatic carbocycles. The van der Waals surface area contributed by atoms with Gasteiger partial charge >= 0.3 is 0 Å². The summed E-state index contributed by atoms with van der Waals surface area (Å²) in [6, 6.07) is 8.51. The fourth-order valence-electron chi connectivity index (χ4n) is 2.99. The van der Waals surface area contributed by atoms with Crippen molar-refractivity contribution in [3.05, 3.63) is 35.4 Å². The first-order valence-electron chi connectivity index (χ1n) is 7.69. The van der Waals surface area contributed by atoms with E-state index in [9.17, 15) is 9.59 Å². The Morgan fingerprint density at radius 1 is 1.14 bits per heavy atom. The van der Waals surface area contributed by atoms with Crippen LogP contribution in [0.15, 0.2) is 24.3 Å². The molecule has 4 nitrogen and oxygen atoms in total. The van der Waals surface area contributed by atoms with E-state index in [1.807, 2.05) is 0 Å². The maximum atomic E-state index is 12.2. The van der Waals surface area contributed by atoms with Gasteiger partial charge in [-0.25, -0.2) is 0 Å². The molecule has 21 heavy (non-hydrogen) atoms. The summed E-state index contributed by atoms with van der Waals surface area (Å²) in [5.74, 6) is 0.448. The Hall–Kier alpha value is -1.68. The van der Waals surface area contributed by atoms with Crippen molar-refractivity contribution < 1.29 is 9.59 Å². The Morgan fingerprint density at radius 2 is 1.81 bits per heavy atom. The Bertz CT molecular complexity index is 548. The lowest BCUT2D eigenvalue weighted by Crippen LogP contribution is -2.52. The van der Waals surface area contributed by atoms with Crippen molar-refractivity contribution in [3.8, 4) is 0 Å². The Labute approximate surface area is 125 Å². The van der Waals surface area contributed by atoms with Crippen LogP contribution >= 0.6 is 0 Å². The molecule has 3 rings (SSSR count). The summed E-state index contributed by atoms with van der Waals surface area (Å²) in [7, 11) is 1.58. The highest BCUT2D eigenvalue weighted by molar-refractivity contribution is 6.00. The van der Waals surface area contributed by atoms with Crippen molar-refractivity contribution in [2.75, 3.05) is 7.05 Å². The molecule has 0 spiro atoms. The van der Waals surface area contributed by atoms with E-state index in [0.29, 0.717) is 18.8 Å². The van der Waals surface area contributed by atoms with E-state index in [2.05, 4.69) is 36.5 Å². The fraction of sp³-hybridized carbons (Fsp3) is 0.529. The number of likely N-dealkylation sites (tertiary alicyclic amines) is 1. The fourth-order valence-corrected chi connectivity index (χ4v) is 2.99. The molecular weight excluding hydrogens is 264 g/mol. The molecule has 2 unspecified atom stereocenters. The standard InChI is InChI=1S/C17H22N2O2/c1-11-3-5-12(6-4-11)16(13-7-8-13)18-14-9-10-15(20)19(2)17(14)21/h3-6,13-14,16,18H,7-10H2,1-2H3. The number of nitrogens with one attached hydrogen (secondary N) is 1. The van der Waals surface area contributed by atoms with E-state index in [1.54, 1.807) is 7.05 Å². The van der Waals surface area contributed by atoms with Gasteiger partial charge in [0.05, 0.1) is 6.04 Å². The molecule has 1 heterocycles. The van der Waals surface area contributed by atoms with E-state index < -0.39 is 0 Å². The molecule has 1 aliphatic heterocycles. The number of hydrogen-bond donors (Lipinski definition) is 1. The zero-order valence-electron chi connectivity index (χ0n) is 12.6. The maximum Gasteiger partial charge on any atom is 0.246 e. The van der Waals surface area contributed by atoms with Crippen LogP contribution in [0.1, 0.15) is 42.9 Å². The molecule has 1 saturated carbocycles. The van der Waals surface area contributed by atoms with Gasteiger partial charge in [-0.3, -0.25) is 19.8 Å². The molecule has 1 aliphatic carbocycles. The van der Waals surface area contributed by atoms with Gasteiger partial charge in [0.15, 0.2) is 0 Å². The highest BCUT2D eigenvalue weighted by atomic mass is 16.2. The monoisotopic (exact) mass is 286 g/mol. The molecule has 0 radical (unpaired) electrons. The minimum Gasteiger partial charge on any atom is -0.299 e. The van der Waals surface area contributed by atoms with Crippen molar-refractivity contribution in [2.24, 2.45) is 5.92 Å². The Morgan fingerprint density at radius 3 is 2.43 bits per heavy atom. The zero-order valence-corrected chi connectivity index (χ0v) is 12.6. The highest BCUT2D eigenvalue weighted by Crippen LogP contribution is 2.41. The number of aryl methyl sites for hydroxylation is 1. The molecule has 0 bridgehead atoms. The minimum absolute atomic E-state index is 0.0728. The second-order valence-corrected chi connectivity index (χ2v) is 6.27. The molecule has 112 valence electrons. The van der Waals surface area contributed by atoms with Crippen molar-refractivity contribution in [2.45, 2.75) is 44.7 Å². The van der Waals surface area contributed by atoms with Crippen LogP contribution in [0, 0.1) is 12.8 Å². The predicted octanol–water partition coefficient (Wildman–Crippen LogP) is 2.18. The van der Waals surface area contributed by atoms with E-state index in [-0.39, 0.29) is 23.9 Å². The molecule has 2 atom stereocenters. The number of imide groups is 1. The van der Waals surface area contributed by atoms with Crippen LogP contribution in [0.2, 0.25) is 0 Å². The van der Waals surface area contributed by atoms with Gasteiger partial charge < -0.3 is 0 Å². The Balaban J connectivity index is 1.75. The number of piperidine rings is 1. The molecule has 1 saturated heterocycles. The summed E-state index contributed by atoms with van der Waals surface area (Å²) in [6.45, 7) is 2.08. The van der Waals surface area contributed by atoms with E-state index in [0.717, 1.165) is 0 Å². The summed E-state index contributed by atoms with van der Waals surface area (Å²) in [4.78, 5) is 25.1. The molecule has 2 amide bonds. The highest BCUT2D eigenvalue weighted by Gasteiger charge is 2.38. The zero-order chi connectivity index (χ0) is 15.0. The number of carbonyl (C=O) groups is 2. The van der Waals surface area contributed by atoms with Gasteiger partial charge in [-0.2, -0.15) is 0 Å². The number of carbonyl (C=O) groups excluding carboxylic acids is 2. The summed E-state index contributed by atoms with van der Waals surface area (Å²) in [6.07, 6.45) is 3.48. The summed E-state index contributed by atoms with van der Waals surface area (Å²) in [5, 5.41) is 3.51. The number of rotatable bonds is 4. The third-order valence-electron chi connectivity index (χ3n) is 4.56. The third kappa shape index (κ3) is 3.00. The summed E-state index contributed by atoms with van der Waals surface area (Å²) in [5.41, 5.74) is 2.49. The van der Waals surface area contributed by atoms with Gasteiger partial charge in [-0.05, 0) is 37.7 Å². The topological polar surface area (TPSA) is 49.4 Å². The van der Waals surface area contributed by atoms with Crippen molar-refractivity contribution in [3.63, 3.8) is 0 Å². The van der Waals surface area contributed by atoms with Gasteiger partial charge in [0, 0.05) is 19.5 Å². The quantitative estimate of drug-likeness (QED) is 0.863. The van der Waals surface area contributed by atoms with Crippen molar-refractivity contribution in [1.82, 2.24) is 10.2 Å². The summed E-state index contributed by atoms with van der Waals surface area (Å²) < 4.78 is 0. The second kappa shape index (κ2) is 5.60. The predicted molar refractivity (Wildman–Crippen MR) is 80.6 cm³/mol. The molecule has 2 fully saturated rings. The van der Waals surface area contributed by atoms with Crippen LogP contribution in [0.5, 0.6) is 0 Å². The third-order valence-corrected chi connectivity index (χ3v) is 4.56. The van der Waals surface area contributed by atoms with E-state index in [4.69, 9.17) is 0 Å². The largest absolute Gasteiger partial charge is 0.299 e. The SMILES string of the molecule is Cc1ccc(C(NC2CCC(=O)N(C)C2=O)C2CC2)cc1. The lowest BCUT2D eigenvalue weighted by atomic mass is 9.97. The number of amides is 2. The van der Waals surface area contributed by atoms with E-state index >= 15 is 0 Å². The lowest BCUT2D eigenvalue weighted by molar-refractivity contribution is -0.148. The van der Waals surface area contributed by atoms with Gasteiger partial charge in [-0.15, -0.1) is 0 Å². The van der Waals surface area contributed by atoms with E-state index in [1.165, 1.54) is 28.9 Å². The average Bonchev–Trinajstić information content (AvgIpc) is 3.30. The number of benzene rings is 1. The number of hydrogen-bond acceptors (Lipinski definition) is 3. The van der Waals surface area contributed by atoms with Crippen LogP contribution in [0.4, 0.5) is 0 Å². The van der Waals surface area contributed by atoms with Gasteiger partial charge in [0.25, 0.3) is 0 Å². The van der Waals surface area contributed by atoms with Gasteiger partial charge in [0.1, 0.15) is 0 Å². The first-order chi connectivity index (χ1) is 10.1. The molecule has 2 aliphatic rings. The number of likely N-dealkylation sites (N-methyl/N-ethyl adjacent to an activating group) is 1. The van der Waals surface area contributed by atoms with Crippen molar-refractivity contribution >= 4 is 11.8 Å². The molecule has 4 heteroatoms. The minimum atomic E-state index is -0.236. The number of nitrogens with zero attached hydrogens (tertiary/aromatic N) is 1. The molecule has 0 aromatic heterocycles. The first-order valence-corrected chi connectivity index (χ1v) is 7.69. The Kier molecular flexibility index (Phi) is 3.81. The van der Waals surface area contributed by atoms with Crippen LogP contribution in [0.3, 0.4) is 0 Å². The van der Waals surface area contributed by atoms with Crippen LogP contribution in [0.25, 0.3) is 0 Å². The van der Waals surface area contributed by atoms with Crippen LogP contribution in [-0.2, 0) is 9.59 Å². The average molecular weight is 286 g/mol. The van der Waals surface area contributed by atoms with Crippen LogP contribution in [-0.4, -0.2) is 29.8 Å². The first kappa shape index (κ1) is 14.3. The molecule has 1 aromatic rings. The van der Waals surface area contributed by atoms with Gasteiger partial charge in [0.2, 0.25) is 11.8 Å². The lowest BCUT2D eigenvalue weighted by Gasteiger charge is -2.31. The van der Waals surface area contributed by atoms with Gasteiger partial charge in [-0.1, -0.05) is 29.8 Å². The molecule has 1 N–H and O–H groups in total. The van der Waals surface area contributed by atoms with Crippen molar-refractivity contribution in [1.29, 1.82) is 0 Å². The summed E-state index contributed by atoms with van der Waals surface area (Å²) >= 11 is 0. The smallest absolute Gasteiger partial charge is 0.246 e. The second-order valence-electron chi connectivity index (χ2n) is 6.27. The molecular formula is C17H22N2O2. The normalized spacial score (nSPS) is 24.3. The van der Waals surface area contributed by atoms with Crippen LogP contribution < -0.4 is 5.32 Å². The maximum absolute atomic E-state index is 12.2.